The molecule has 0 unspecified atom stereocenters. The van der Waals surface area contributed by atoms with E-state index in [0.29, 0.717) is 36.3 Å². The molecule has 8 heteroatoms. The maximum Gasteiger partial charge on any atom is 0.218 e. The van der Waals surface area contributed by atoms with Crippen molar-refractivity contribution in [2.24, 2.45) is 4.99 Å². The molecule has 0 aromatic carbocycles. The van der Waals surface area contributed by atoms with Crippen molar-refractivity contribution >= 4 is 17.4 Å². The highest BCUT2D eigenvalue weighted by atomic mass is 19.1. The molecular formula is C21H21FN6O. The first-order chi connectivity index (χ1) is 14.2. The van der Waals surface area contributed by atoms with Crippen LogP contribution in [0.25, 0.3) is 5.88 Å². The number of rotatable bonds is 6. The van der Waals surface area contributed by atoms with Crippen LogP contribution in [0.5, 0.6) is 0 Å². The molecule has 148 valence electrons. The van der Waals surface area contributed by atoms with E-state index in [1.807, 2.05) is 18.3 Å². The summed E-state index contributed by atoms with van der Waals surface area (Å²) >= 11 is 0. The van der Waals surface area contributed by atoms with Crippen LogP contribution in [0.3, 0.4) is 0 Å². The molecule has 3 aromatic rings. The molecule has 5 rings (SSSR count). The van der Waals surface area contributed by atoms with Crippen molar-refractivity contribution in [1.82, 2.24) is 20.3 Å². The van der Waals surface area contributed by atoms with Crippen LogP contribution < -0.4 is 21.3 Å². The van der Waals surface area contributed by atoms with Gasteiger partial charge in [-0.3, -0.25) is 4.98 Å². The number of H-pyrrole nitrogens is 1. The summed E-state index contributed by atoms with van der Waals surface area (Å²) < 4.78 is 20.1. The Balaban J connectivity index is 1.36. The quantitative estimate of drug-likeness (QED) is 0.559. The van der Waals surface area contributed by atoms with Crippen molar-refractivity contribution in [3.8, 4) is 0 Å². The number of hydrogen-bond acceptors (Lipinski definition) is 6. The molecule has 0 bridgehead atoms. The zero-order chi connectivity index (χ0) is 19.8. The third-order valence-corrected chi connectivity index (χ3v) is 5.21. The van der Waals surface area contributed by atoms with E-state index in [2.05, 4.69) is 30.6 Å². The molecule has 3 aromatic heterocycles. The Kier molecular flexibility index (Phi) is 4.38. The Labute approximate surface area is 166 Å². The van der Waals surface area contributed by atoms with Gasteiger partial charge in [0.25, 0.3) is 0 Å². The van der Waals surface area contributed by atoms with E-state index in [1.54, 1.807) is 25.4 Å². The van der Waals surface area contributed by atoms with E-state index in [4.69, 9.17) is 4.74 Å². The third kappa shape index (κ3) is 3.53. The minimum Gasteiger partial charge on any atom is -0.482 e. The Hall–Kier alpha value is -3.42. The molecule has 0 atom stereocenters. The van der Waals surface area contributed by atoms with E-state index in [0.717, 1.165) is 27.7 Å². The zero-order valence-corrected chi connectivity index (χ0v) is 16.0. The van der Waals surface area contributed by atoms with Gasteiger partial charge in [0.1, 0.15) is 18.0 Å². The van der Waals surface area contributed by atoms with Gasteiger partial charge in [0.15, 0.2) is 5.88 Å². The van der Waals surface area contributed by atoms with Crippen molar-refractivity contribution in [2.45, 2.75) is 25.2 Å². The molecule has 3 N–H and O–H groups in total. The van der Waals surface area contributed by atoms with Gasteiger partial charge in [-0.15, -0.1) is 0 Å². The molecule has 1 aliphatic carbocycles. The van der Waals surface area contributed by atoms with Crippen molar-refractivity contribution in [2.75, 3.05) is 19.1 Å². The number of methoxy groups -OCH3 is 1. The molecule has 1 fully saturated rings. The van der Waals surface area contributed by atoms with Crippen molar-refractivity contribution in [1.29, 1.82) is 0 Å². The fourth-order valence-electron chi connectivity index (χ4n) is 3.54. The van der Waals surface area contributed by atoms with E-state index in [9.17, 15) is 4.39 Å². The summed E-state index contributed by atoms with van der Waals surface area (Å²) in [5, 5.41) is 7.04. The second-order valence-electron chi connectivity index (χ2n) is 7.26. The highest BCUT2D eigenvalue weighted by molar-refractivity contribution is 5.55. The van der Waals surface area contributed by atoms with Crippen LogP contribution in [-0.4, -0.2) is 28.7 Å². The topological polar surface area (TPSA) is 87.2 Å². The largest absolute Gasteiger partial charge is 0.482 e. The van der Waals surface area contributed by atoms with Gasteiger partial charge in [0.05, 0.1) is 24.2 Å². The molecule has 0 spiro atoms. The molecule has 0 amide bonds. The number of ether oxygens (including phenoxy) is 1. The summed E-state index contributed by atoms with van der Waals surface area (Å²) in [5.41, 5.74) is 4.05. The van der Waals surface area contributed by atoms with Crippen molar-refractivity contribution < 1.29 is 9.13 Å². The fourth-order valence-corrected chi connectivity index (χ4v) is 3.54. The number of halogens is 1. The highest BCUT2D eigenvalue weighted by Gasteiger charge is 2.24. The van der Waals surface area contributed by atoms with Crippen LogP contribution in [0, 0.1) is 5.95 Å². The van der Waals surface area contributed by atoms with Gasteiger partial charge in [0.2, 0.25) is 5.95 Å². The monoisotopic (exact) mass is 392 g/mol. The zero-order valence-electron chi connectivity index (χ0n) is 16.0. The minimum absolute atomic E-state index is 0.382. The summed E-state index contributed by atoms with van der Waals surface area (Å²) in [6, 6.07) is 7.49. The van der Waals surface area contributed by atoms with Crippen LogP contribution in [0.4, 0.5) is 15.9 Å². The van der Waals surface area contributed by atoms with Gasteiger partial charge in [-0.2, -0.15) is 4.39 Å². The van der Waals surface area contributed by atoms with Crippen LogP contribution in [0.15, 0.2) is 41.7 Å². The van der Waals surface area contributed by atoms with Crippen LogP contribution in [-0.2, 0) is 11.2 Å². The van der Waals surface area contributed by atoms with Gasteiger partial charge in [-0.25, -0.2) is 9.98 Å². The number of aromatic amines is 1. The second kappa shape index (κ2) is 7.20. The lowest BCUT2D eigenvalue weighted by Gasteiger charge is -2.11. The van der Waals surface area contributed by atoms with Gasteiger partial charge >= 0.3 is 0 Å². The number of nitrogens with zero attached hydrogens (tertiary/aromatic N) is 3. The lowest BCUT2D eigenvalue weighted by molar-refractivity contribution is 0.334. The van der Waals surface area contributed by atoms with Gasteiger partial charge in [-0.05, 0) is 36.6 Å². The average molecular weight is 392 g/mol. The van der Waals surface area contributed by atoms with Gasteiger partial charge in [0, 0.05) is 29.8 Å². The Bertz CT molecular complexity index is 1170. The third-order valence-electron chi connectivity index (χ3n) is 5.21. The summed E-state index contributed by atoms with van der Waals surface area (Å²) in [4.78, 5) is 16.0. The highest BCUT2D eigenvalue weighted by Crippen LogP contribution is 2.39. The van der Waals surface area contributed by atoms with Crippen LogP contribution in [0.1, 0.15) is 35.6 Å². The molecule has 2 aliphatic rings. The molecule has 0 radical (unpaired) electrons. The first kappa shape index (κ1) is 17.7. The number of pyridine rings is 2. The summed E-state index contributed by atoms with van der Waals surface area (Å²) in [6.07, 6.45) is 6.41. The molecule has 29 heavy (non-hydrogen) atoms. The fraction of sp³-hybridized carbons (Fsp3) is 0.286. The number of hydrogen-bond donors (Lipinski definition) is 3. The second-order valence-corrected chi connectivity index (χ2v) is 7.26. The molecule has 7 nitrogen and oxygen atoms in total. The number of aromatic nitrogens is 3. The lowest BCUT2D eigenvalue weighted by atomic mass is 10.1. The number of anilines is 2. The SMILES string of the molecule is COC1=c2c(Cc3ccc(Nc4ccc(C5CC5)nc4)nc3F)c[nH]c2=NCN1. The van der Waals surface area contributed by atoms with Crippen LogP contribution in [0.2, 0.25) is 0 Å². The molecule has 1 saturated carbocycles. The lowest BCUT2D eigenvalue weighted by Crippen LogP contribution is -2.39. The molecule has 1 aliphatic heterocycles. The Morgan fingerprint density at radius 1 is 1.21 bits per heavy atom. The summed E-state index contributed by atoms with van der Waals surface area (Å²) in [7, 11) is 1.60. The van der Waals surface area contributed by atoms with Crippen LogP contribution >= 0.6 is 0 Å². The minimum atomic E-state index is -0.507. The number of nitrogens with one attached hydrogen (secondary N) is 3. The molecule has 0 saturated heterocycles. The maximum absolute atomic E-state index is 14.7. The Morgan fingerprint density at radius 3 is 2.83 bits per heavy atom. The van der Waals surface area contributed by atoms with E-state index in [1.165, 1.54) is 12.8 Å². The smallest absolute Gasteiger partial charge is 0.218 e. The normalized spacial score (nSPS) is 15.3. The van der Waals surface area contributed by atoms with E-state index < -0.39 is 5.95 Å². The van der Waals surface area contributed by atoms with Crippen molar-refractivity contribution in [3.63, 3.8) is 0 Å². The summed E-state index contributed by atoms with van der Waals surface area (Å²) in [5.74, 6) is 1.19. The van der Waals surface area contributed by atoms with Crippen molar-refractivity contribution in [3.05, 3.63) is 70.1 Å². The maximum atomic E-state index is 14.7. The first-order valence-corrected chi connectivity index (χ1v) is 9.62. The van der Waals surface area contributed by atoms with E-state index >= 15 is 0 Å². The van der Waals surface area contributed by atoms with Gasteiger partial charge in [-0.1, -0.05) is 6.07 Å². The molecular weight excluding hydrogens is 371 g/mol. The standard InChI is InChI=1S/C21H21FN6O/c1-29-21-18-14(9-24-20(18)25-11-26-21)8-13-4-7-17(28-19(13)22)27-15-5-6-16(23-10-15)12-2-3-12/h4-7,9-10,12,26H,2-3,8,11H2,1H3,(H,24,25)(H,27,28). The first-order valence-electron chi connectivity index (χ1n) is 9.62. The summed E-state index contributed by atoms with van der Waals surface area (Å²) in [6.45, 7) is 0.447. The Morgan fingerprint density at radius 2 is 2.10 bits per heavy atom. The van der Waals surface area contributed by atoms with E-state index in [-0.39, 0.29) is 0 Å². The predicted molar refractivity (Wildman–Crippen MR) is 106 cm³/mol. The average Bonchev–Trinajstić information content (AvgIpc) is 3.51. The predicted octanol–water partition coefficient (Wildman–Crippen LogP) is 2.05. The van der Waals surface area contributed by atoms with Gasteiger partial charge < -0.3 is 20.4 Å². The number of fused-ring (bicyclic) bond motifs is 1. The molecule has 4 heterocycles.